The van der Waals surface area contributed by atoms with Gasteiger partial charge in [0.05, 0.1) is 5.56 Å². The van der Waals surface area contributed by atoms with Gasteiger partial charge in [0.25, 0.3) is 5.91 Å². The van der Waals surface area contributed by atoms with E-state index in [1.807, 2.05) is 0 Å². The first-order valence-corrected chi connectivity index (χ1v) is 6.83. The Morgan fingerprint density at radius 3 is 2.52 bits per heavy atom. The summed E-state index contributed by atoms with van der Waals surface area (Å²) in [6.45, 7) is 4.65. The maximum Gasteiger partial charge on any atom is 0.433 e. The van der Waals surface area contributed by atoms with Gasteiger partial charge in [-0.15, -0.1) is 0 Å². The average Bonchev–Trinajstić information content (AvgIpc) is 2.36. The molecule has 0 fully saturated rings. The molecule has 0 unspecified atom stereocenters. The Kier molecular flexibility index (Phi) is 5.99. The highest BCUT2D eigenvalue weighted by Gasteiger charge is 2.33. The SMILES string of the molecule is CC(C)CCCCNc1nc(C(F)(F)F)ccc1C(N)=O. The van der Waals surface area contributed by atoms with E-state index in [0.29, 0.717) is 12.5 Å². The number of anilines is 1. The third kappa shape index (κ3) is 5.61. The van der Waals surface area contributed by atoms with Crippen LogP contribution in [-0.4, -0.2) is 17.4 Å². The van der Waals surface area contributed by atoms with E-state index in [-0.39, 0.29) is 11.4 Å². The van der Waals surface area contributed by atoms with E-state index in [2.05, 4.69) is 24.1 Å². The summed E-state index contributed by atoms with van der Waals surface area (Å²) in [7, 11) is 0. The molecule has 1 rings (SSSR count). The number of carbonyl (C=O) groups excluding carboxylic acids is 1. The summed E-state index contributed by atoms with van der Waals surface area (Å²) >= 11 is 0. The van der Waals surface area contributed by atoms with E-state index in [4.69, 9.17) is 5.73 Å². The van der Waals surface area contributed by atoms with Gasteiger partial charge in [-0.3, -0.25) is 4.79 Å². The number of nitrogens with two attached hydrogens (primary N) is 1. The molecule has 21 heavy (non-hydrogen) atoms. The molecule has 4 nitrogen and oxygen atoms in total. The van der Waals surface area contributed by atoms with Gasteiger partial charge < -0.3 is 11.1 Å². The van der Waals surface area contributed by atoms with Crippen LogP contribution in [0.3, 0.4) is 0 Å². The van der Waals surface area contributed by atoms with Crippen LogP contribution in [0.15, 0.2) is 12.1 Å². The number of primary amides is 1. The highest BCUT2D eigenvalue weighted by molar-refractivity contribution is 5.97. The molecule has 0 aliphatic carbocycles. The van der Waals surface area contributed by atoms with Crippen molar-refractivity contribution >= 4 is 11.7 Å². The molecule has 118 valence electrons. The van der Waals surface area contributed by atoms with Gasteiger partial charge >= 0.3 is 6.18 Å². The smallest absolute Gasteiger partial charge is 0.369 e. The number of nitrogens with zero attached hydrogens (tertiary/aromatic N) is 1. The molecular weight excluding hydrogens is 283 g/mol. The lowest BCUT2D eigenvalue weighted by molar-refractivity contribution is -0.141. The van der Waals surface area contributed by atoms with Crippen molar-refractivity contribution in [2.24, 2.45) is 11.7 Å². The minimum absolute atomic E-state index is 0.0353. The maximum atomic E-state index is 12.6. The molecule has 3 N–H and O–H groups in total. The molecule has 0 saturated carbocycles. The number of unbranched alkanes of at least 4 members (excludes halogenated alkanes) is 1. The van der Waals surface area contributed by atoms with Crippen LogP contribution in [0.4, 0.5) is 19.0 Å². The van der Waals surface area contributed by atoms with Crippen LogP contribution in [-0.2, 0) is 6.18 Å². The summed E-state index contributed by atoms with van der Waals surface area (Å²) in [5.74, 6) is -0.333. The lowest BCUT2D eigenvalue weighted by atomic mass is 10.1. The van der Waals surface area contributed by atoms with Crippen molar-refractivity contribution in [3.63, 3.8) is 0 Å². The molecule has 7 heteroatoms. The molecule has 0 saturated heterocycles. The third-order valence-corrected chi connectivity index (χ3v) is 2.95. The van der Waals surface area contributed by atoms with Crippen molar-refractivity contribution in [3.05, 3.63) is 23.4 Å². The van der Waals surface area contributed by atoms with E-state index in [0.717, 1.165) is 31.4 Å². The minimum atomic E-state index is -4.55. The highest BCUT2D eigenvalue weighted by atomic mass is 19.4. The molecule has 0 aliphatic rings. The number of hydrogen-bond donors (Lipinski definition) is 2. The lowest BCUT2D eigenvalue weighted by Crippen LogP contribution is -2.18. The number of alkyl halides is 3. The zero-order chi connectivity index (χ0) is 16.0. The quantitative estimate of drug-likeness (QED) is 0.758. The van der Waals surface area contributed by atoms with Gasteiger partial charge in [-0.1, -0.05) is 26.7 Å². The van der Waals surface area contributed by atoms with Crippen molar-refractivity contribution in [2.75, 3.05) is 11.9 Å². The van der Waals surface area contributed by atoms with Crippen molar-refractivity contribution in [3.8, 4) is 0 Å². The fourth-order valence-electron chi connectivity index (χ4n) is 1.83. The number of carbonyl (C=O) groups is 1. The summed E-state index contributed by atoms with van der Waals surface area (Å²) in [6.07, 6.45) is -1.77. The minimum Gasteiger partial charge on any atom is -0.369 e. The van der Waals surface area contributed by atoms with Crippen LogP contribution in [0.5, 0.6) is 0 Å². The van der Waals surface area contributed by atoms with Crippen LogP contribution in [0, 0.1) is 5.92 Å². The van der Waals surface area contributed by atoms with Gasteiger partial charge in [0.15, 0.2) is 0 Å². The molecule has 1 aromatic rings. The van der Waals surface area contributed by atoms with Gasteiger partial charge in [-0.05, 0) is 24.5 Å². The number of aromatic nitrogens is 1. The Morgan fingerprint density at radius 1 is 1.33 bits per heavy atom. The number of rotatable bonds is 7. The fourth-order valence-corrected chi connectivity index (χ4v) is 1.83. The molecule has 0 aliphatic heterocycles. The van der Waals surface area contributed by atoms with Gasteiger partial charge in [-0.2, -0.15) is 13.2 Å². The lowest BCUT2D eigenvalue weighted by Gasteiger charge is -2.12. The number of hydrogen-bond acceptors (Lipinski definition) is 3. The summed E-state index contributed by atoms with van der Waals surface area (Å²) in [6, 6.07) is 1.80. The van der Waals surface area contributed by atoms with Gasteiger partial charge in [-0.25, -0.2) is 4.98 Å². The standard InChI is InChI=1S/C14H20F3N3O/c1-9(2)5-3-4-8-19-13-10(12(18)21)6-7-11(20-13)14(15,16)17/h6-7,9H,3-5,8H2,1-2H3,(H2,18,21)(H,19,20). The first kappa shape index (κ1) is 17.3. The summed E-state index contributed by atoms with van der Waals surface area (Å²) in [5.41, 5.74) is 4.06. The van der Waals surface area contributed by atoms with Crippen LogP contribution in [0.25, 0.3) is 0 Å². The molecule has 0 bridgehead atoms. The average molecular weight is 303 g/mol. The Labute approximate surface area is 121 Å². The van der Waals surface area contributed by atoms with Crippen molar-refractivity contribution < 1.29 is 18.0 Å². The predicted molar refractivity (Wildman–Crippen MR) is 74.9 cm³/mol. The van der Waals surface area contributed by atoms with E-state index in [1.165, 1.54) is 0 Å². The molecule has 1 amide bonds. The normalized spacial score (nSPS) is 11.7. The largest absolute Gasteiger partial charge is 0.433 e. The first-order chi connectivity index (χ1) is 9.71. The summed E-state index contributed by atoms with van der Waals surface area (Å²) in [4.78, 5) is 14.7. The molecule has 1 heterocycles. The van der Waals surface area contributed by atoms with Gasteiger partial charge in [0.2, 0.25) is 0 Å². The van der Waals surface area contributed by atoms with E-state index < -0.39 is 17.8 Å². The summed E-state index contributed by atoms with van der Waals surface area (Å²) < 4.78 is 37.9. The topological polar surface area (TPSA) is 68.0 Å². The second kappa shape index (κ2) is 7.28. The van der Waals surface area contributed by atoms with Gasteiger partial charge in [0, 0.05) is 6.54 Å². The van der Waals surface area contributed by atoms with E-state index >= 15 is 0 Å². The first-order valence-electron chi connectivity index (χ1n) is 6.83. The number of pyridine rings is 1. The summed E-state index contributed by atoms with van der Waals surface area (Å²) in [5, 5.41) is 2.77. The van der Waals surface area contributed by atoms with Crippen LogP contribution < -0.4 is 11.1 Å². The molecule has 0 radical (unpaired) electrons. The Bertz CT molecular complexity index is 487. The van der Waals surface area contributed by atoms with E-state index in [9.17, 15) is 18.0 Å². The Balaban J connectivity index is 2.75. The van der Waals surface area contributed by atoms with Crippen LogP contribution in [0.1, 0.15) is 49.2 Å². The molecule has 0 atom stereocenters. The molecule has 0 spiro atoms. The Morgan fingerprint density at radius 2 is 2.00 bits per heavy atom. The fraction of sp³-hybridized carbons (Fsp3) is 0.571. The number of amides is 1. The molecular formula is C14H20F3N3O. The second-order valence-electron chi connectivity index (χ2n) is 5.27. The van der Waals surface area contributed by atoms with Crippen molar-refractivity contribution in [1.82, 2.24) is 4.98 Å². The third-order valence-electron chi connectivity index (χ3n) is 2.95. The zero-order valence-electron chi connectivity index (χ0n) is 12.1. The van der Waals surface area contributed by atoms with Crippen LogP contribution >= 0.6 is 0 Å². The Hall–Kier alpha value is -1.79. The maximum absolute atomic E-state index is 12.6. The van der Waals surface area contributed by atoms with Crippen LogP contribution in [0.2, 0.25) is 0 Å². The highest BCUT2D eigenvalue weighted by Crippen LogP contribution is 2.29. The van der Waals surface area contributed by atoms with Crippen molar-refractivity contribution in [1.29, 1.82) is 0 Å². The molecule has 0 aromatic carbocycles. The van der Waals surface area contributed by atoms with Gasteiger partial charge in [0.1, 0.15) is 11.5 Å². The van der Waals surface area contributed by atoms with E-state index in [1.54, 1.807) is 0 Å². The van der Waals surface area contributed by atoms with Crippen molar-refractivity contribution in [2.45, 2.75) is 39.3 Å². The predicted octanol–water partition coefficient (Wildman–Crippen LogP) is 3.44. The number of halogens is 3. The zero-order valence-corrected chi connectivity index (χ0v) is 12.1. The number of nitrogens with one attached hydrogen (secondary N) is 1. The second-order valence-corrected chi connectivity index (χ2v) is 5.27. The monoisotopic (exact) mass is 303 g/mol. The molecule has 1 aromatic heterocycles.